The van der Waals surface area contributed by atoms with E-state index in [4.69, 9.17) is 18.9 Å². The summed E-state index contributed by atoms with van der Waals surface area (Å²) in [6, 6.07) is 0. The molecule has 0 spiro atoms. The molecular formula is C17H24O10. The highest BCUT2D eigenvalue weighted by atomic mass is 16.8. The van der Waals surface area contributed by atoms with E-state index in [9.17, 15) is 30.0 Å². The van der Waals surface area contributed by atoms with Crippen LogP contribution in [0, 0.1) is 17.8 Å². The number of esters is 1. The number of Topliss-reactive ketones (excluding diaryl/α,β-unsaturated/α-hetero) is 1. The van der Waals surface area contributed by atoms with Crippen LogP contribution >= 0.6 is 0 Å². The van der Waals surface area contributed by atoms with Crippen molar-refractivity contribution < 1.29 is 49.0 Å². The zero-order valence-electron chi connectivity index (χ0n) is 14.9. The lowest BCUT2D eigenvalue weighted by Gasteiger charge is -2.42. The summed E-state index contributed by atoms with van der Waals surface area (Å²) in [6.07, 6.45) is -6.93. The number of aliphatic hydroxyl groups is 4. The molecule has 0 bridgehead atoms. The van der Waals surface area contributed by atoms with Crippen LogP contribution in [0.2, 0.25) is 0 Å². The van der Waals surface area contributed by atoms with E-state index in [1.807, 2.05) is 6.92 Å². The summed E-state index contributed by atoms with van der Waals surface area (Å²) in [4.78, 5) is 24.4. The predicted octanol–water partition coefficient (Wildman–Crippen LogP) is -1.94. The lowest BCUT2D eigenvalue weighted by Crippen LogP contribution is -2.60. The summed E-state index contributed by atoms with van der Waals surface area (Å²) in [5.41, 5.74) is 0.102. The zero-order valence-corrected chi connectivity index (χ0v) is 14.9. The molecule has 0 radical (unpaired) electrons. The van der Waals surface area contributed by atoms with Gasteiger partial charge in [-0.05, 0) is 5.92 Å². The average molecular weight is 388 g/mol. The van der Waals surface area contributed by atoms with Gasteiger partial charge in [-0.2, -0.15) is 0 Å². The highest BCUT2D eigenvalue weighted by Crippen LogP contribution is 2.45. The molecule has 152 valence electrons. The number of hydrogen-bond donors (Lipinski definition) is 4. The second kappa shape index (κ2) is 7.82. The van der Waals surface area contributed by atoms with Crippen LogP contribution in [0.1, 0.15) is 13.3 Å². The Morgan fingerprint density at radius 3 is 2.56 bits per heavy atom. The molecule has 1 saturated heterocycles. The fraction of sp³-hybridized carbons (Fsp3) is 0.765. The Hall–Kier alpha value is -1.56. The maximum Gasteiger partial charge on any atom is 0.337 e. The number of rotatable bonds is 4. The summed E-state index contributed by atoms with van der Waals surface area (Å²) in [5.74, 6) is -2.28. The molecule has 10 heteroatoms. The minimum absolute atomic E-state index is 0.102. The molecule has 3 aliphatic rings. The van der Waals surface area contributed by atoms with E-state index in [2.05, 4.69) is 0 Å². The van der Waals surface area contributed by atoms with Crippen molar-refractivity contribution in [3.63, 3.8) is 0 Å². The monoisotopic (exact) mass is 388 g/mol. The van der Waals surface area contributed by atoms with Crippen LogP contribution in [0.15, 0.2) is 11.8 Å². The molecule has 0 aromatic heterocycles. The Bertz CT molecular complexity index is 617. The molecule has 27 heavy (non-hydrogen) atoms. The van der Waals surface area contributed by atoms with Gasteiger partial charge in [0.15, 0.2) is 6.29 Å². The molecule has 2 fully saturated rings. The number of carbonyl (C=O) groups is 2. The molecule has 9 atom stereocenters. The SMILES string of the molecule is COC(=O)C1=CO[C@H](O[C@@H]2O[C@@H](CO)[C@H](O)[C@H](O)[C@@H]2O)[C@@H]2[C@H]1C(=O)C[C@H]2C. The number of ether oxygens (including phenoxy) is 4. The van der Waals surface area contributed by atoms with Crippen LogP contribution in [0.3, 0.4) is 0 Å². The summed E-state index contributed by atoms with van der Waals surface area (Å²) < 4.78 is 21.2. The quantitative estimate of drug-likeness (QED) is 0.400. The number of fused-ring (bicyclic) bond motifs is 1. The molecule has 2 heterocycles. The second-order valence-electron chi connectivity index (χ2n) is 7.11. The first kappa shape index (κ1) is 20.2. The van der Waals surface area contributed by atoms with Gasteiger partial charge in [0, 0.05) is 12.3 Å². The number of methoxy groups -OCH3 is 1. The van der Waals surface area contributed by atoms with Gasteiger partial charge in [0.25, 0.3) is 0 Å². The Kier molecular flexibility index (Phi) is 5.84. The van der Waals surface area contributed by atoms with E-state index >= 15 is 0 Å². The van der Waals surface area contributed by atoms with Crippen molar-refractivity contribution in [2.24, 2.45) is 17.8 Å². The van der Waals surface area contributed by atoms with Crippen molar-refractivity contribution in [2.75, 3.05) is 13.7 Å². The van der Waals surface area contributed by atoms with Crippen molar-refractivity contribution in [2.45, 2.75) is 50.3 Å². The van der Waals surface area contributed by atoms with E-state index < -0.39 is 61.4 Å². The lowest BCUT2D eigenvalue weighted by molar-refractivity contribution is -0.342. The summed E-state index contributed by atoms with van der Waals surface area (Å²) >= 11 is 0. The van der Waals surface area contributed by atoms with Crippen LogP contribution in [0.25, 0.3) is 0 Å². The Morgan fingerprint density at radius 1 is 1.22 bits per heavy atom. The fourth-order valence-corrected chi connectivity index (χ4v) is 3.96. The third-order valence-corrected chi connectivity index (χ3v) is 5.43. The summed E-state index contributed by atoms with van der Waals surface area (Å²) in [5, 5.41) is 39.1. The molecule has 0 unspecified atom stereocenters. The minimum atomic E-state index is -1.59. The molecular weight excluding hydrogens is 364 g/mol. The average Bonchev–Trinajstić information content (AvgIpc) is 2.96. The van der Waals surface area contributed by atoms with Crippen molar-refractivity contribution in [1.29, 1.82) is 0 Å². The Labute approximate surface area is 155 Å². The first-order chi connectivity index (χ1) is 12.8. The van der Waals surface area contributed by atoms with Gasteiger partial charge in [0.2, 0.25) is 6.29 Å². The third kappa shape index (κ3) is 3.48. The van der Waals surface area contributed by atoms with Gasteiger partial charge in [-0.25, -0.2) is 4.79 Å². The molecule has 0 aromatic carbocycles. The molecule has 2 aliphatic heterocycles. The first-order valence-corrected chi connectivity index (χ1v) is 8.72. The van der Waals surface area contributed by atoms with Gasteiger partial charge < -0.3 is 39.4 Å². The maximum absolute atomic E-state index is 12.4. The third-order valence-electron chi connectivity index (χ3n) is 5.43. The van der Waals surface area contributed by atoms with Crippen molar-refractivity contribution in [3.05, 3.63) is 11.8 Å². The van der Waals surface area contributed by atoms with E-state index in [1.165, 1.54) is 7.11 Å². The lowest BCUT2D eigenvalue weighted by atomic mass is 9.83. The highest BCUT2D eigenvalue weighted by molar-refractivity contribution is 5.99. The van der Waals surface area contributed by atoms with Gasteiger partial charge in [0.1, 0.15) is 30.2 Å². The van der Waals surface area contributed by atoms with E-state index in [-0.39, 0.29) is 23.7 Å². The summed E-state index contributed by atoms with van der Waals surface area (Å²) in [6.45, 7) is 1.22. The van der Waals surface area contributed by atoms with Crippen LogP contribution in [0.5, 0.6) is 0 Å². The Balaban J connectivity index is 1.82. The van der Waals surface area contributed by atoms with Gasteiger partial charge in [-0.3, -0.25) is 4.79 Å². The highest BCUT2D eigenvalue weighted by Gasteiger charge is 2.54. The van der Waals surface area contributed by atoms with Crippen molar-refractivity contribution in [1.82, 2.24) is 0 Å². The first-order valence-electron chi connectivity index (χ1n) is 8.72. The molecule has 3 rings (SSSR count). The Morgan fingerprint density at radius 2 is 1.93 bits per heavy atom. The van der Waals surface area contributed by atoms with Crippen molar-refractivity contribution >= 4 is 11.8 Å². The normalized spacial score (nSPS) is 44.3. The van der Waals surface area contributed by atoms with Crippen LogP contribution in [-0.4, -0.2) is 82.9 Å². The van der Waals surface area contributed by atoms with Crippen molar-refractivity contribution in [3.8, 4) is 0 Å². The zero-order chi connectivity index (χ0) is 19.9. The molecule has 1 aliphatic carbocycles. The van der Waals surface area contributed by atoms with Crippen LogP contribution in [0.4, 0.5) is 0 Å². The van der Waals surface area contributed by atoms with E-state index in [0.717, 1.165) is 6.26 Å². The largest absolute Gasteiger partial charge is 0.472 e. The maximum atomic E-state index is 12.4. The van der Waals surface area contributed by atoms with Gasteiger partial charge in [-0.15, -0.1) is 0 Å². The van der Waals surface area contributed by atoms with Crippen LogP contribution < -0.4 is 0 Å². The number of aliphatic hydroxyl groups excluding tert-OH is 4. The molecule has 10 nitrogen and oxygen atoms in total. The number of hydrogen-bond acceptors (Lipinski definition) is 10. The molecule has 0 amide bonds. The van der Waals surface area contributed by atoms with E-state index in [0.29, 0.717) is 0 Å². The van der Waals surface area contributed by atoms with Gasteiger partial charge in [-0.1, -0.05) is 6.92 Å². The fourth-order valence-electron chi connectivity index (χ4n) is 3.96. The standard InChI is InChI=1S/C17H24O10/c1-6-3-8(19)11-7(15(23)24-2)5-25-16(10(6)11)27-17-14(22)13(21)12(20)9(4-18)26-17/h5-6,9-14,16-18,20-22H,3-4H2,1-2H3/t6-,9+,10+,11-,12+,13+,14+,16-,17+/m1/s1. The van der Waals surface area contributed by atoms with Gasteiger partial charge in [0.05, 0.1) is 31.5 Å². The topological polar surface area (TPSA) is 152 Å². The smallest absolute Gasteiger partial charge is 0.337 e. The van der Waals surface area contributed by atoms with E-state index in [1.54, 1.807) is 0 Å². The van der Waals surface area contributed by atoms with Crippen LogP contribution in [-0.2, 0) is 28.5 Å². The molecule has 4 N–H and O–H groups in total. The number of carbonyl (C=O) groups excluding carboxylic acids is 2. The summed E-state index contributed by atoms with van der Waals surface area (Å²) in [7, 11) is 1.21. The predicted molar refractivity (Wildman–Crippen MR) is 85.6 cm³/mol. The minimum Gasteiger partial charge on any atom is -0.472 e. The second-order valence-corrected chi connectivity index (χ2v) is 7.11. The van der Waals surface area contributed by atoms with Gasteiger partial charge >= 0.3 is 5.97 Å². The number of ketones is 1. The molecule has 0 aromatic rings. The molecule has 1 saturated carbocycles.